The molecule has 0 radical (unpaired) electrons. The Bertz CT molecular complexity index is 650. The van der Waals surface area contributed by atoms with Gasteiger partial charge >= 0.3 is 0 Å². The molecular weight excluding hydrogens is 256 g/mol. The van der Waals surface area contributed by atoms with Crippen molar-refractivity contribution in [3.63, 3.8) is 0 Å². The van der Waals surface area contributed by atoms with Crippen LogP contribution in [0, 0.1) is 0 Å². The van der Waals surface area contributed by atoms with Crippen molar-refractivity contribution in [2.45, 2.75) is 24.7 Å². The molecule has 0 unspecified atom stereocenters. The van der Waals surface area contributed by atoms with Crippen LogP contribution in [0.4, 0.5) is 0 Å². The number of carbonyl (C=O) groups excluding carboxylic acids is 1. The van der Waals surface area contributed by atoms with Crippen molar-refractivity contribution < 1.29 is 4.79 Å². The van der Waals surface area contributed by atoms with Crippen LogP contribution in [0.1, 0.15) is 24.8 Å². The second-order valence-electron chi connectivity index (χ2n) is 5.02. The summed E-state index contributed by atoms with van der Waals surface area (Å²) in [6.07, 6.45) is 4.85. The summed E-state index contributed by atoms with van der Waals surface area (Å²) < 4.78 is 1.89. The topological polar surface area (TPSA) is 34.4 Å². The van der Waals surface area contributed by atoms with E-state index >= 15 is 0 Å². The van der Waals surface area contributed by atoms with Gasteiger partial charge in [0, 0.05) is 18.6 Å². The molecule has 1 aromatic heterocycles. The first kappa shape index (κ1) is 12.4. The minimum Gasteiger partial charge on any atom is -0.327 e. The van der Waals surface area contributed by atoms with E-state index in [2.05, 4.69) is 4.99 Å². The van der Waals surface area contributed by atoms with E-state index in [9.17, 15) is 4.79 Å². The Morgan fingerprint density at radius 3 is 2.58 bits per heavy atom. The molecule has 0 spiro atoms. The summed E-state index contributed by atoms with van der Waals surface area (Å²) in [7, 11) is 1.92. The highest BCUT2D eigenvalue weighted by molar-refractivity contribution is 7.07. The van der Waals surface area contributed by atoms with E-state index in [1.165, 1.54) is 11.3 Å². The Morgan fingerprint density at radius 2 is 2.05 bits per heavy atom. The molecule has 1 amide bonds. The van der Waals surface area contributed by atoms with E-state index in [1.807, 2.05) is 53.5 Å². The van der Waals surface area contributed by atoms with Crippen molar-refractivity contribution in [1.29, 1.82) is 0 Å². The fourth-order valence-electron chi connectivity index (χ4n) is 2.54. The number of amides is 1. The number of benzene rings is 1. The third-order valence-electron chi connectivity index (χ3n) is 3.90. The number of hydrogen-bond donors (Lipinski definition) is 0. The molecule has 1 aliphatic carbocycles. The number of rotatable bonds is 2. The Morgan fingerprint density at radius 1 is 1.32 bits per heavy atom. The van der Waals surface area contributed by atoms with Gasteiger partial charge in [0.05, 0.1) is 5.41 Å². The molecule has 1 saturated carbocycles. The Hall–Kier alpha value is -1.68. The lowest BCUT2D eigenvalue weighted by atomic mass is 9.64. The van der Waals surface area contributed by atoms with Gasteiger partial charge in [0.25, 0.3) is 5.91 Å². The molecule has 0 saturated heterocycles. The number of aromatic nitrogens is 1. The lowest BCUT2D eigenvalue weighted by Gasteiger charge is -2.39. The summed E-state index contributed by atoms with van der Waals surface area (Å²) >= 11 is 1.50. The SMILES string of the molecule is Cn1ccsc1=NC(=O)C1(c2ccccc2)CCC1. The highest BCUT2D eigenvalue weighted by atomic mass is 32.1. The molecule has 1 aromatic carbocycles. The first-order valence-corrected chi connectivity index (χ1v) is 7.35. The van der Waals surface area contributed by atoms with Crippen molar-refractivity contribution >= 4 is 17.2 Å². The van der Waals surface area contributed by atoms with Crippen molar-refractivity contribution in [2.24, 2.45) is 12.0 Å². The minimum atomic E-state index is -0.377. The summed E-state index contributed by atoms with van der Waals surface area (Å²) in [5.41, 5.74) is 0.729. The van der Waals surface area contributed by atoms with E-state index in [1.54, 1.807) is 0 Å². The van der Waals surface area contributed by atoms with Crippen LogP contribution in [-0.4, -0.2) is 10.5 Å². The lowest BCUT2D eigenvalue weighted by molar-refractivity contribution is -0.126. The zero-order valence-electron chi connectivity index (χ0n) is 10.9. The van der Waals surface area contributed by atoms with Crippen LogP contribution in [0.5, 0.6) is 0 Å². The normalized spacial score (nSPS) is 18.1. The van der Waals surface area contributed by atoms with Crippen LogP contribution in [0.15, 0.2) is 46.9 Å². The van der Waals surface area contributed by atoms with E-state index in [-0.39, 0.29) is 11.3 Å². The van der Waals surface area contributed by atoms with E-state index < -0.39 is 0 Å². The molecule has 1 fully saturated rings. The second kappa shape index (κ2) is 4.78. The summed E-state index contributed by atoms with van der Waals surface area (Å²) in [6.45, 7) is 0. The van der Waals surface area contributed by atoms with Crippen LogP contribution in [-0.2, 0) is 17.3 Å². The quantitative estimate of drug-likeness (QED) is 0.827. The van der Waals surface area contributed by atoms with Gasteiger partial charge in [-0.15, -0.1) is 11.3 Å². The van der Waals surface area contributed by atoms with Gasteiger partial charge in [0.2, 0.25) is 0 Å². The zero-order valence-corrected chi connectivity index (χ0v) is 11.7. The highest BCUT2D eigenvalue weighted by Gasteiger charge is 2.45. The molecule has 0 atom stereocenters. The monoisotopic (exact) mass is 272 g/mol. The fraction of sp³-hybridized carbons (Fsp3) is 0.333. The van der Waals surface area contributed by atoms with Gasteiger partial charge in [-0.1, -0.05) is 36.8 Å². The average Bonchev–Trinajstić information content (AvgIpc) is 2.75. The molecule has 0 aliphatic heterocycles. The molecule has 0 bridgehead atoms. The second-order valence-corrected chi connectivity index (χ2v) is 5.89. The Balaban J connectivity index is 2.00. The predicted octanol–water partition coefficient (Wildman–Crippen LogP) is 2.64. The molecule has 3 nitrogen and oxygen atoms in total. The number of carbonyl (C=O) groups is 1. The van der Waals surface area contributed by atoms with Crippen LogP contribution < -0.4 is 4.80 Å². The number of hydrogen-bond acceptors (Lipinski definition) is 2. The highest BCUT2D eigenvalue weighted by Crippen LogP contribution is 2.44. The van der Waals surface area contributed by atoms with Crippen molar-refractivity contribution in [2.75, 3.05) is 0 Å². The maximum absolute atomic E-state index is 12.6. The van der Waals surface area contributed by atoms with Gasteiger partial charge in [-0.25, -0.2) is 0 Å². The molecule has 1 aliphatic rings. The van der Waals surface area contributed by atoms with Crippen LogP contribution >= 0.6 is 11.3 Å². The van der Waals surface area contributed by atoms with Crippen molar-refractivity contribution in [3.8, 4) is 0 Å². The molecule has 98 valence electrons. The van der Waals surface area contributed by atoms with Crippen molar-refractivity contribution in [3.05, 3.63) is 52.3 Å². The first-order chi connectivity index (χ1) is 9.22. The maximum atomic E-state index is 12.6. The van der Waals surface area contributed by atoms with Crippen LogP contribution in [0.25, 0.3) is 0 Å². The van der Waals surface area contributed by atoms with Crippen LogP contribution in [0.3, 0.4) is 0 Å². The molecule has 3 rings (SSSR count). The smallest absolute Gasteiger partial charge is 0.258 e. The lowest BCUT2D eigenvalue weighted by Crippen LogP contribution is -2.42. The van der Waals surface area contributed by atoms with E-state index in [0.29, 0.717) is 0 Å². The fourth-order valence-corrected chi connectivity index (χ4v) is 3.27. The standard InChI is InChI=1S/C15H16N2OS/c1-17-10-11-19-14(17)16-13(18)15(8-5-9-15)12-6-3-2-4-7-12/h2-4,6-7,10-11H,5,8-9H2,1H3. The zero-order chi connectivity index (χ0) is 13.3. The molecule has 19 heavy (non-hydrogen) atoms. The third-order valence-corrected chi connectivity index (χ3v) is 4.75. The Labute approximate surface area is 116 Å². The van der Waals surface area contributed by atoms with Crippen molar-refractivity contribution in [1.82, 2.24) is 4.57 Å². The number of thiazole rings is 1. The first-order valence-electron chi connectivity index (χ1n) is 6.47. The molecular formula is C15H16N2OS. The number of nitrogens with zero attached hydrogens (tertiary/aromatic N) is 2. The van der Waals surface area contributed by atoms with Gasteiger partial charge in [-0.2, -0.15) is 4.99 Å². The van der Waals surface area contributed by atoms with Gasteiger partial charge in [-0.3, -0.25) is 4.79 Å². The molecule has 0 N–H and O–H groups in total. The summed E-state index contributed by atoms with van der Waals surface area (Å²) in [5.74, 6) is 0.00278. The van der Waals surface area contributed by atoms with E-state index in [4.69, 9.17) is 0 Å². The average molecular weight is 272 g/mol. The molecule has 1 heterocycles. The van der Waals surface area contributed by atoms with Gasteiger partial charge in [0.15, 0.2) is 4.80 Å². The van der Waals surface area contributed by atoms with E-state index in [0.717, 1.165) is 29.6 Å². The summed E-state index contributed by atoms with van der Waals surface area (Å²) in [4.78, 5) is 17.7. The predicted molar refractivity (Wildman–Crippen MR) is 75.8 cm³/mol. The number of aryl methyl sites for hydroxylation is 1. The largest absolute Gasteiger partial charge is 0.327 e. The van der Waals surface area contributed by atoms with Gasteiger partial charge in [-0.05, 0) is 18.4 Å². The van der Waals surface area contributed by atoms with Gasteiger partial charge in [0.1, 0.15) is 0 Å². The summed E-state index contributed by atoms with van der Waals surface area (Å²) in [6, 6.07) is 10.1. The summed E-state index contributed by atoms with van der Waals surface area (Å²) in [5, 5.41) is 1.95. The van der Waals surface area contributed by atoms with Crippen LogP contribution in [0.2, 0.25) is 0 Å². The molecule has 2 aromatic rings. The molecule has 4 heteroatoms. The third kappa shape index (κ3) is 2.06. The van der Waals surface area contributed by atoms with Gasteiger partial charge < -0.3 is 4.57 Å². The maximum Gasteiger partial charge on any atom is 0.258 e. The Kier molecular flexibility index (Phi) is 3.11. The minimum absolute atomic E-state index is 0.00278.